The second kappa shape index (κ2) is 8.49. The number of nitrogens with one attached hydrogen (secondary N) is 2. The number of aliphatic imine (C=N–C) groups is 1. The van der Waals surface area contributed by atoms with Crippen LogP contribution in [0, 0.1) is 5.92 Å². The summed E-state index contributed by atoms with van der Waals surface area (Å²) >= 11 is 0. The van der Waals surface area contributed by atoms with Gasteiger partial charge in [-0.15, -0.1) is 0 Å². The Morgan fingerprint density at radius 2 is 2.08 bits per heavy atom. The molecule has 0 aromatic rings. The SMILES string of the molecule is CCNC(=NCCN1CCCS1(=O)=O)NC1CN(C(C)C)CC1C. The van der Waals surface area contributed by atoms with Crippen LogP contribution in [0.3, 0.4) is 0 Å². The molecule has 140 valence electrons. The molecule has 2 aliphatic rings. The van der Waals surface area contributed by atoms with Gasteiger partial charge in [0.1, 0.15) is 0 Å². The molecule has 2 aliphatic heterocycles. The highest BCUT2D eigenvalue weighted by Crippen LogP contribution is 2.18. The zero-order valence-electron chi connectivity index (χ0n) is 15.5. The Bertz CT molecular complexity index is 535. The third-order valence-electron chi connectivity index (χ3n) is 4.86. The second-order valence-corrected chi connectivity index (χ2v) is 9.19. The van der Waals surface area contributed by atoms with E-state index in [9.17, 15) is 8.42 Å². The largest absolute Gasteiger partial charge is 0.357 e. The average Bonchev–Trinajstić information content (AvgIpc) is 3.02. The summed E-state index contributed by atoms with van der Waals surface area (Å²) in [6, 6.07) is 0.930. The van der Waals surface area contributed by atoms with Gasteiger partial charge in [-0.05, 0) is 33.1 Å². The predicted molar refractivity (Wildman–Crippen MR) is 98.8 cm³/mol. The third kappa shape index (κ3) is 5.07. The van der Waals surface area contributed by atoms with Crippen molar-refractivity contribution in [1.29, 1.82) is 0 Å². The van der Waals surface area contributed by atoms with E-state index >= 15 is 0 Å². The molecule has 2 N–H and O–H groups in total. The van der Waals surface area contributed by atoms with Crippen molar-refractivity contribution < 1.29 is 8.42 Å². The van der Waals surface area contributed by atoms with Crippen molar-refractivity contribution in [3.63, 3.8) is 0 Å². The number of likely N-dealkylation sites (tertiary alicyclic amines) is 1. The molecule has 2 fully saturated rings. The quantitative estimate of drug-likeness (QED) is 0.527. The van der Waals surface area contributed by atoms with Gasteiger partial charge in [-0.1, -0.05) is 6.92 Å². The Kier molecular flexibility index (Phi) is 6.88. The molecule has 0 bridgehead atoms. The van der Waals surface area contributed by atoms with Gasteiger partial charge in [0, 0.05) is 44.8 Å². The average molecular weight is 360 g/mol. The van der Waals surface area contributed by atoms with Crippen LogP contribution < -0.4 is 10.6 Å². The van der Waals surface area contributed by atoms with Crippen molar-refractivity contribution in [3.8, 4) is 0 Å². The van der Waals surface area contributed by atoms with Crippen LogP contribution in [-0.2, 0) is 10.0 Å². The summed E-state index contributed by atoms with van der Waals surface area (Å²) < 4.78 is 25.2. The third-order valence-corrected chi connectivity index (χ3v) is 6.82. The summed E-state index contributed by atoms with van der Waals surface area (Å²) in [5.74, 6) is 1.63. The minimum absolute atomic E-state index is 0.277. The highest BCUT2D eigenvalue weighted by Gasteiger charge is 2.31. The molecule has 24 heavy (non-hydrogen) atoms. The minimum atomic E-state index is -3.03. The highest BCUT2D eigenvalue weighted by atomic mass is 32.2. The van der Waals surface area contributed by atoms with Gasteiger partial charge in [0.15, 0.2) is 5.96 Å². The minimum Gasteiger partial charge on any atom is -0.357 e. The van der Waals surface area contributed by atoms with Gasteiger partial charge in [0.2, 0.25) is 10.0 Å². The van der Waals surface area contributed by atoms with Crippen LogP contribution in [0.5, 0.6) is 0 Å². The molecule has 7 nitrogen and oxygen atoms in total. The maximum absolute atomic E-state index is 11.8. The summed E-state index contributed by atoms with van der Waals surface area (Å²) in [6.07, 6.45) is 0.731. The van der Waals surface area contributed by atoms with Crippen LogP contribution in [-0.4, -0.2) is 80.7 Å². The van der Waals surface area contributed by atoms with Gasteiger partial charge in [-0.25, -0.2) is 12.7 Å². The van der Waals surface area contributed by atoms with Crippen LogP contribution in [0.25, 0.3) is 0 Å². The van der Waals surface area contributed by atoms with Crippen molar-refractivity contribution in [3.05, 3.63) is 0 Å². The standard InChI is InChI=1S/C16H33N5O2S/c1-5-17-16(18-7-9-21-8-6-10-24(21,22)23)19-15-12-20(13(2)3)11-14(15)4/h13-15H,5-12H2,1-4H3,(H2,17,18,19). The van der Waals surface area contributed by atoms with Crippen molar-refractivity contribution in [2.75, 3.05) is 45.0 Å². The number of sulfonamides is 1. The molecular weight excluding hydrogens is 326 g/mol. The fourth-order valence-corrected chi connectivity index (χ4v) is 4.84. The predicted octanol–water partition coefficient (Wildman–Crippen LogP) is 0.306. The van der Waals surface area contributed by atoms with Crippen molar-refractivity contribution in [2.45, 2.75) is 46.2 Å². The first-order valence-electron chi connectivity index (χ1n) is 9.10. The van der Waals surface area contributed by atoms with Gasteiger partial charge >= 0.3 is 0 Å². The van der Waals surface area contributed by atoms with E-state index in [1.54, 1.807) is 4.31 Å². The van der Waals surface area contributed by atoms with Crippen molar-refractivity contribution in [2.24, 2.45) is 10.9 Å². The fourth-order valence-electron chi connectivity index (χ4n) is 3.33. The van der Waals surface area contributed by atoms with Crippen LogP contribution in [0.1, 0.15) is 34.1 Å². The molecule has 2 unspecified atom stereocenters. The lowest BCUT2D eigenvalue weighted by atomic mass is 10.1. The van der Waals surface area contributed by atoms with Gasteiger partial charge in [-0.3, -0.25) is 9.89 Å². The van der Waals surface area contributed by atoms with Gasteiger partial charge < -0.3 is 10.6 Å². The molecule has 0 aromatic heterocycles. The lowest BCUT2D eigenvalue weighted by Crippen LogP contribution is -2.47. The lowest BCUT2D eigenvalue weighted by molar-refractivity contribution is 0.265. The Labute approximate surface area is 146 Å². The van der Waals surface area contributed by atoms with E-state index in [2.05, 4.69) is 41.3 Å². The van der Waals surface area contributed by atoms with Gasteiger partial charge in [0.25, 0.3) is 0 Å². The molecule has 0 aliphatic carbocycles. The molecule has 0 spiro atoms. The normalized spacial score (nSPS) is 28.6. The van der Waals surface area contributed by atoms with E-state index in [4.69, 9.17) is 0 Å². The number of guanidine groups is 1. The highest BCUT2D eigenvalue weighted by molar-refractivity contribution is 7.89. The maximum Gasteiger partial charge on any atom is 0.214 e. The number of rotatable bonds is 6. The molecule has 2 heterocycles. The Morgan fingerprint density at radius 3 is 2.62 bits per heavy atom. The van der Waals surface area contributed by atoms with E-state index in [0.717, 1.165) is 32.0 Å². The summed E-state index contributed by atoms with van der Waals surface area (Å²) in [5.41, 5.74) is 0. The van der Waals surface area contributed by atoms with Crippen LogP contribution in [0.15, 0.2) is 4.99 Å². The van der Waals surface area contributed by atoms with Crippen LogP contribution >= 0.6 is 0 Å². The molecule has 0 saturated carbocycles. The number of nitrogens with zero attached hydrogens (tertiary/aromatic N) is 3. The van der Waals surface area contributed by atoms with E-state index in [1.807, 2.05) is 6.92 Å². The second-order valence-electron chi connectivity index (χ2n) is 7.11. The number of hydrogen-bond acceptors (Lipinski definition) is 4. The number of hydrogen-bond donors (Lipinski definition) is 2. The van der Waals surface area contributed by atoms with E-state index in [1.165, 1.54) is 0 Å². The van der Waals surface area contributed by atoms with E-state index < -0.39 is 10.0 Å². The summed E-state index contributed by atoms with van der Waals surface area (Å²) in [5, 5.41) is 6.80. The van der Waals surface area contributed by atoms with Crippen LogP contribution in [0.2, 0.25) is 0 Å². The first kappa shape index (κ1) is 19.5. The Hall–Kier alpha value is -0.860. The first-order valence-corrected chi connectivity index (χ1v) is 10.7. The van der Waals surface area contributed by atoms with E-state index in [-0.39, 0.29) is 5.75 Å². The molecule has 2 saturated heterocycles. The molecule has 0 radical (unpaired) electrons. The molecular formula is C16H33N5O2S. The van der Waals surface area contributed by atoms with Gasteiger partial charge in [-0.2, -0.15) is 0 Å². The van der Waals surface area contributed by atoms with Gasteiger partial charge in [0.05, 0.1) is 12.3 Å². The fraction of sp³-hybridized carbons (Fsp3) is 0.938. The maximum atomic E-state index is 11.8. The zero-order valence-corrected chi connectivity index (χ0v) is 16.3. The first-order chi connectivity index (χ1) is 11.3. The monoisotopic (exact) mass is 359 g/mol. The Morgan fingerprint density at radius 1 is 1.33 bits per heavy atom. The van der Waals surface area contributed by atoms with Crippen LogP contribution in [0.4, 0.5) is 0 Å². The molecule has 0 amide bonds. The van der Waals surface area contributed by atoms with E-state index in [0.29, 0.717) is 37.6 Å². The smallest absolute Gasteiger partial charge is 0.214 e. The molecule has 0 aromatic carbocycles. The molecule has 2 rings (SSSR count). The zero-order chi connectivity index (χ0) is 17.7. The molecule has 8 heteroatoms. The topological polar surface area (TPSA) is 77.0 Å². The lowest BCUT2D eigenvalue weighted by Gasteiger charge is -2.22. The Balaban J connectivity index is 1.89. The van der Waals surface area contributed by atoms with Crippen molar-refractivity contribution >= 4 is 16.0 Å². The summed E-state index contributed by atoms with van der Waals surface area (Å²) in [4.78, 5) is 7.06. The van der Waals surface area contributed by atoms with Crippen molar-refractivity contribution in [1.82, 2.24) is 19.8 Å². The summed E-state index contributed by atoms with van der Waals surface area (Å²) in [7, 11) is -3.03. The molecule has 2 atom stereocenters. The summed E-state index contributed by atoms with van der Waals surface area (Å²) in [6.45, 7) is 13.3.